The second-order valence-electron chi connectivity index (χ2n) is 3.94. The van der Waals surface area contributed by atoms with Gasteiger partial charge in [0.1, 0.15) is 5.92 Å². The van der Waals surface area contributed by atoms with Crippen LogP contribution in [0.25, 0.3) is 0 Å². The first-order valence-corrected chi connectivity index (χ1v) is 4.38. The zero-order chi connectivity index (χ0) is 9.64. The molecule has 0 amide bonds. The van der Waals surface area contributed by atoms with Gasteiger partial charge in [0.05, 0.1) is 6.04 Å². The van der Waals surface area contributed by atoms with Gasteiger partial charge in [0.2, 0.25) is 5.54 Å². The highest BCUT2D eigenvalue weighted by Gasteiger charge is 2.64. The Hall–Kier alpha value is -0.810. The zero-order valence-electron chi connectivity index (χ0n) is 7.44. The molecule has 0 radical (unpaired) electrons. The Balaban J connectivity index is 0.000000980. The zero-order valence-corrected chi connectivity index (χ0v) is 8.20. The average molecular weight is 222 g/mol. The maximum Gasteiger partial charge on any atom is 0.366 e. The smallest absolute Gasteiger partial charge is 0.366 e. The number of halogens is 1. The highest BCUT2D eigenvalue weighted by Crippen LogP contribution is 2.36. The predicted molar refractivity (Wildman–Crippen MR) is 41.1 cm³/mol. The molecule has 3 atom stereocenters. The van der Waals surface area contributed by atoms with E-state index < -0.39 is 23.4 Å². The third kappa shape index (κ3) is 1.27. The number of hydrogen-bond donors (Lipinski definition) is 3. The molecule has 2 heterocycles. The van der Waals surface area contributed by atoms with Gasteiger partial charge in [0.25, 0.3) is 0 Å². The Morgan fingerprint density at radius 2 is 2.00 bits per heavy atom. The van der Waals surface area contributed by atoms with Gasteiger partial charge < -0.3 is 27.9 Å². The van der Waals surface area contributed by atoms with Gasteiger partial charge in [-0.2, -0.15) is 0 Å². The van der Waals surface area contributed by atoms with Crippen molar-refractivity contribution >= 4 is 11.9 Å². The maximum absolute atomic E-state index is 11.0. The largest absolute Gasteiger partial charge is 1.00 e. The van der Waals surface area contributed by atoms with Crippen molar-refractivity contribution in [2.24, 2.45) is 5.92 Å². The lowest BCUT2D eigenvalue weighted by molar-refractivity contribution is -0.706. The van der Waals surface area contributed by atoms with E-state index in [0.29, 0.717) is 12.8 Å². The molecular formula is C8H12ClNO4. The van der Waals surface area contributed by atoms with Crippen LogP contribution >= 0.6 is 0 Å². The van der Waals surface area contributed by atoms with Crippen LogP contribution in [0.4, 0.5) is 0 Å². The van der Waals surface area contributed by atoms with Gasteiger partial charge in [-0.05, 0) is 0 Å². The Kier molecular flexibility index (Phi) is 2.74. The fourth-order valence-electron chi connectivity index (χ4n) is 2.65. The monoisotopic (exact) mass is 221 g/mol. The first-order valence-electron chi connectivity index (χ1n) is 4.38. The number of carboxylic acid groups (broad SMARTS) is 2. The Bertz CT molecular complexity index is 283. The summed E-state index contributed by atoms with van der Waals surface area (Å²) in [6, 6.07) is 0.206. The number of quaternary nitrogens is 1. The fourth-order valence-corrected chi connectivity index (χ4v) is 2.65. The molecule has 2 fully saturated rings. The van der Waals surface area contributed by atoms with E-state index in [-0.39, 0.29) is 18.4 Å². The molecule has 0 spiro atoms. The standard InChI is InChI=1S/C8H11NO4.ClH/c10-6(11)5-3-4-1-2-8(5,9-4)7(12)13;/h4-5,9H,1-3H2,(H,10,11)(H,12,13);1H/t4-,5+,8+;/m1./s1. The van der Waals surface area contributed by atoms with Crippen LogP contribution in [0.1, 0.15) is 19.3 Å². The first-order chi connectivity index (χ1) is 6.06. The molecule has 0 aliphatic carbocycles. The highest BCUT2D eigenvalue weighted by molar-refractivity contribution is 5.86. The van der Waals surface area contributed by atoms with Crippen molar-refractivity contribution in [3.63, 3.8) is 0 Å². The summed E-state index contributed by atoms with van der Waals surface area (Å²) < 4.78 is 0. The molecular weight excluding hydrogens is 210 g/mol. The average Bonchev–Trinajstić information content (AvgIpc) is 2.60. The minimum atomic E-state index is -1.06. The van der Waals surface area contributed by atoms with Crippen LogP contribution in [0.3, 0.4) is 0 Å². The molecule has 0 unspecified atom stereocenters. The van der Waals surface area contributed by atoms with Crippen molar-refractivity contribution in [2.45, 2.75) is 30.8 Å². The molecule has 2 aliphatic rings. The van der Waals surface area contributed by atoms with Crippen LogP contribution < -0.4 is 17.7 Å². The summed E-state index contributed by atoms with van der Waals surface area (Å²) in [6.45, 7) is 0. The fraction of sp³-hybridized carbons (Fsp3) is 0.750. The third-order valence-corrected chi connectivity index (χ3v) is 3.32. The molecule has 0 aromatic rings. The van der Waals surface area contributed by atoms with Gasteiger partial charge in [-0.1, -0.05) is 0 Å². The second-order valence-corrected chi connectivity index (χ2v) is 3.94. The van der Waals surface area contributed by atoms with Crippen molar-refractivity contribution in [1.29, 1.82) is 0 Å². The summed E-state index contributed by atoms with van der Waals surface area (Å²) in [6.07, 6.45) is 1.82. The van der Waals surface area contributed by atoms with E-state index >= 15 is 0 Å². The summed E-state index contributed by atoms with van der Waals surface area (Å²) in [5.74, 6) is -2.65. The van der Waals surface area contributed by atoms with Crippen LogP contribution in [-0.2, 0) is 9.59 Å². The molecule has 2 rings (SSSR count). The van der Waals surface area contributed by atoms with Crippen LogP contribution in [0.5, 0.6) is 0 Å². The molecule has 0 aromatic heterocycles. The summed E-state index contributed by atoms with van der Waals surface area (Å²) in [4.78, 5) is 21.8. The molecule has 6 heteroatoms. The Labute approximate surface area is 86.9 Å². The van der Waals surface area contributed by atoms with Gasteiger partial charge in [0.15, 0.2) is 0 Å². The number of carbonyl (C=O) groups is 2. The van der Waals surface area contributed by atoms with E-state index in [1.165, 1.54) is 0 Å². The van der Waals surface area contributed by atoms with E-state index in [1.54, 1.807) is 5.32 Å². The quantitative estimate of drug-likeness (QED) is 0.440. The molecule has 2 bridgehead atoms. The van der Waals surface area contributed by atoms with Crippen molar-refractivity contribution in [1.82, 2.24) is 0 Å². The lowest BCUT2D eigenvalue weighted by Crippen LogP contribution is -3.00. The molecule has 0 aromatic carbocycles. The van der Waals surface area contributed by atoms with Gasteiger partial charge in [-0.15, -0.1) is 0 Å². The van der Waals surface area contributed by atoms with E-state index in [1.807, 2.05) is 0 Å². The van der Waals surface area contributed by atoms with Gasteiger partial charge in [0, 0.05) is 19.3 Å². The molecule has 2 aliphatic heterocycles. The van der Waals surface area contributed by atoms with Crippen LogP contribution in [0.15, 0.2) is 0 Å². The summed E-state index contributed by atoms with van der Waals surface area (Å²) >= 11 is 0. The highest BCUT2D eigenvalue weighted by atomic mass is 35.5. The van der Waals surface area contributed by atoms with Crippen LogP contribution in [0.2, 0.25) is 0 Å². The van der Waals surface area contributed by atoms with Crippen LogP contribution in [-0.4, -0.2) is 33.7 Å². The Morgan fingerprint density at radius 1 is 1.36 bits per heavy atom. The van der Waals surface area contributed by atoms with Gasteiger partial charge >= 0.3 is 11.9 Å². The summed E-state index contributed by atoms with van der Waals surface area (Å²) in [5, 5.41) is 19.6. The number of carboxylic acids is 2. The topological polar surface area (TPSA) is 91.2 Å². The van der Waals surface area contributed by atoms with Crippen molar-refractivity contribution < 1.29 is 37.5 Å². The minimum Gasteiger partial charge on any atom is -1.00 e. The van der Waals surface area contributed by atoms with E-state index in [4.69, 9.17) is 10.2 Å². The normalized spacial score (nSPS) is 39.1. The van der Waals surface area contributed by atoms with Crippen LogP contribution in [0, 0.1) is 5.92 Å². The van der Waals surface area contributed by atoms with Crippen molar-refractivity contribution in [3.8, 4) is 0 Å². The number of nitrogens with two attached hydrogens (primary N) is 1. The predicted octanol–water partition coefficient (Wildman–Crippen LogP) is -4.36. The number of hydrogen-bond acceptors (Lipinski definition) is 2. The SMILES string of the molecule is O=C(O)[C@@H]1C[C@H]2CC[C@]1(C(=O)O)[NH2+]2.[Cl-]. The van der Waals surface area contributed by atoms with Crippen molar-refractivity contribution in [2.75, 3.05) is 0 Å². The molecule has 2 saturated heterocycles. The summed E-state index contributed by atoms with van der Waals surface area (Å²) in [7, 11) is 0. The van der Waals surface area contributed by atoms with Gasteiger partial charge in [-0.25, -0.2) is 4.79 Å². The third-order valence-electron chi connectivity index (χ3n) is 3.32. The molecule has 5 nitrogen and oxygen atoms in total. The maximum atomic E-state index is 11.0. The minimum absolute atomic E-state index is 0. The summed E-state index contributed by atoms with van der Waals surface area (Å²) in [5.41, 5.74) is -1.06. The number of fused-ring (bicyclic) bond motifs is 2. The molecule has 0 saturated carbocycles. The van der Waals surface area contributed by atoms with E-state index in [2.05, 4.69) is 0 Å². The molecule has 14 heavy (non-hydrogen) atoms. The van der Waals surface area contributed by atoms with E-state index in [9.17, 15) is 9.59 Å². The first kappa shape index (κ1) is 11.3. The van der Waals surface area contributed by atoms with Gasteiger partial charge in [-0.3, -0.25) is 4.79 Å². The lowest BCUT2D eigenvalue weighted by atomic mass is 9.78. The number of aliphatic carboxylic acids is 2. The lowest BCUT2D eigenvalue weighted by Gasteiger charge is -2.22. The van der Waals surface area contributed by atoms with E-state index in [0.717, 1.165) is 6.42 Å². The number of rotatable bonds is 2. The molecule has 80 valence electrons. The second kappa shape index (κ2) is 3.40. The molecule has 4 N–H and O–H groups in total. The van der Waals surface area contributed by atoms with Crippen molar-refractivity contribution in [3.05, 3.63) is 0 Å². The Morgan fingerprint density at radius 3 is 2.36 bits per heavy atom.